The number of ether oxygens (including phenoxy) is 2. The van der Waals surface area contributed by atoms with E-state index in [0.717, 1.165) is 24.2 Å². The van der Waals surface area contributed by atoms with Gasteiger partial charge in [-0.1, -0.05) is 12.1 Å². The number of nitrogens with one attached hydrogen (secondary N) is 2. The molecule has 0 bridgehead atoms. The molecule has 1 aromatic heterocycles. The van der Waals surface area contributed by atoms with Crippen LogP contribution in [0.3, 0.4) is 0 Å². The number of pyridine rings is 1. The fraction of sp³-hybridized carbons (Fsp3) is 0.455. The second-order valence-electron chi connectivity index (χ2n) is 6.96. The third-order valence-electron chi connectivity index (χ3n) is 4.98. The lowest BCUT2D eigenvalue weighted by molar-refractivity contribution is 0.0170. The minimum absolute atomic E-state index is 0.0959. The van der Waals surface area contributed by atoms with Gasteiger partial charge in [0.2, 0.25) is 5.88 Å². The number of nitrogens with zero attached hydrogens (tertiary/aromatic N) is 3. The molecule has 1 fully saturated rings. The Morgan fingerprint density at radius 1 is 1.23 bits per heavy atom. The summed E-state index contributed by atoms with van der Waals surface area (Å²) < 4.78 is 24.4. The molecule has 0 amide bonds. The van der Waals surface area contributed by atoms with Gasteiger partial charge < -0.3 is 20.1 Å². The van der Waals surface area contributed by atoms with Crippen LogP contribution in [0.15, 0.2) is 47.6 Å². The molecule has 0 saturated carbocycles. The Hall–Kier alpha value is -2.71. The monoisotopic (exact) mass is 415 g/mol. The van der Waals surface area contributed by atoms with Crippen LogP contribution in [-0.4, -0.2) is 62.3 Å². The number of morpholine rings is 1. The van der Waals surface area contributed by atoms with Crippen LogP contribution in [0.5, 0.6) is 5.88 Å². The van der Waals surface area contributed by atoms with Gasteiger partial charge in [-0.2, -0.15) is 0 Å². The molecule has 1 aliphatic heterocycles. The molecule has 1 aromatic carbocycles. The summed E-state index contributed by atoms with van der Waals surface area (Å²) in [6.45, 7) is 6.85. The first-order chi connectivity index (χ1) is 14.7. The van der Waals surface area contributed by atoms with Gasteiger partial charge in [-0.05, 0) is 36.2 Å². The largest absolute Gasteiger partial charge is 0.478 e. The van der Waals surface area contributed by atoms with Gasteiger partial charge in [-0.25, -0.2) is 9.37 Å². The van der Waals surface area contributed by atoms with Crippen molar-refractivity contribution in [3.8, 4) is 5.88 Å². The van der Waals surface area contributed by atoms with Crippen molar-refractivity contribution in [2.45, 2.75) is 19.5 Å². The Morgan fingerprint density at radius 3 is 2.70 bits per heavy atom. The summed E-state index contributed by atoms with van der Waals surface area (Å²) in [6, 6.07) is 10.7. The topological polar surface area (TPSA) is 71.0 Å². The quantitative estimate of drug-likeness (QED) is 0.510. The number of aliphatic imine (C=N–C) groups is 1. The predicted molar refractivity (Wildman–Crippen MR) is 115 cm³/mol. The van der Waals surface area contributed by atoms with Gasteiger partial charge >= 0.3 is 0 Å². The summed E-state index contributed by atoms with van der Waals surface area (Å²) >= 11 is 0. The summed E-state index contributed by atoms with van der Waals surface area (Å²) in [5, 5.41) is 6.73. The third-order valence-corrected chi connectivity index (χ3v) is 4.98. The number of guanidine groups is 1. The van der Waals surface area contributed by atoms with Crippen LogP contribution in [0, 0.1) is 5.82 Å². The molecule has 7 nitrogen and oxygen atoms in total. The maximum atomic E-state index is 13.4. The summed E-state index contributed by atoms with van der Waals surface area (Å²) in [6.07, 6.45) is 1.74. The highest BCUT2D eigenvalue weighted by Gasteiger charge is 2.23. The highest BCUT2D eigenvalue weighted by molar-refractivity contribution is 5.79. The van der Waals surface area contributed by atoms with Crippen LogP contribution in [0.25, 0.3) is 0 Å². The Labute approximate surface area is 177 Å². The van der Waals surface area contributed by atoms with E-state index in [4.69, 9.17) is 9.47 Å². The zero-order valence-electron chi connectivity index (χ0n) is 17.6. The maximum Gasteiger partial charge on any atom is 0.213 e. The minimum Gasteiger partial charge on any atom is -0.478 e. The zero-order chi connectivity index (χ0) is 21.2. The summed E-state index contributed by atoms with van der Waals surface area (Å²) in [5.41, 5.74) is 2.12. The van der Waals surface area contributed by atoms with E-state index in [1.807, 2.05) is 31.2 Å². The van der Waals surface area contributed by atoms with Gasteiger partial charge in [-0.3, -0.25) is 9.89 Å². The first-order valence-corrected chi connectivity index (χ1v) is 10.3. The molecule has 8 heteroatoms. The highest BCUT2D eigenvalue weighted by atomic mass is 19.1. The highest BCUT2D eigenvalue weighted by Crippen LogP contribution is 2.21. The fourth-order valence-corrected chi connectivity index (χ4v) is 3.42. The maximum absolute atomic E-state index is 13.4. The first-order valence-electron chi connectivity index (χ1n) is 10.3. The van der Waals surface area contributed by atoms with E-state index in [1.165, 1.54) is 12.1 Å². The molecular weight excluding hydrogens is 385 g/mol. The third kappa shape index (κ3) is 6.40. The van der Waals surface area contributed by atoms with Gasteiger partial charge in [0, 0.05) is 45.5 Å². The number of benzene rings is 1. The number of rotatable bonds is 8. The van der Waals surface area contributed by atoms with E-state index >= 15 is 0 Å². The Kier molecular flexibility index (Phi) is 8.41. The second-order valence-corrected chi connectivity index (χ2v) is 6.96. The zero-order valence-corrected chi connectivity index (χ0v) is 17.6. The van der Waals surface area contributed by atoms with E-state index < -0.39 is 0 Å². The van der Waals surface area contributed by atoms with Crippen LogP contribution in [-0.2, 0) is 11.3 Å². The normalized spacial score (nSPS) is 16.2. The first kappa shape index (κ1) is 22.0. The van der Waals surface area contributed by atoms with Crippen LogP contribution >= 0.6 is 0 Å². The van der Waals surface area contributed by atoms with E-state index in [9.17, 15) is 4.39 Å². The summed E-state index contributed by atoms with van der Waals surface area (Å²) in [7, 11) is 1.75. The van der Waals surface area contributed by atoms with E-state index in [2.05, 4.69) is 25.5 Å². The molecule has 30 heavy (non-hydrogen) atoms. The number of hydrogen-bond donors (Lipinski definition) is 2. The van der Waals surface area contributed by atoms with Crippen molar-refractivity contribution in [2.75, 3.05) is 46.5 Å². The average Bonchev–Trinajstić information content (AvgIpc) is 2.78. The van der Waals surface area contributed by atoms with Crippen molar-refractivity contribution < 1.29 is 13.9 Å². The van der Waals surface area contributed by atoms with E-state index in [1.54, 1.807) is 13.2 Å². The summed E-state index contributed by atoms with van der Waals surface area (Å²) in [5.74, 6) is 1.09. The number of aromatic nitrogens is 1. The average molecular weight is 416 g/mol. The van der Waals surface area contributed by atoms with Crippen molar-refractivity contribution in [3.05, 3.63) is 59.5 Å². The molecule has 3 rings (SSSR count). The van der Waals surface area contributed by atoms with Crippen LogP contribution in [0.2, 0.25) is 0 Å². The van der Waals surface area contributed by atoms with Crippen LogP contribution < -0.4 is 15.4 Å². The van der Waals surface area contributed by atoms with Crippen molar-refractivity contribution in [2.24, 2.45) is 4.99 Å². The lowest BCUT2D eigenvalue weighted by Gasteiger charge is -2.35. The SMILES string of the molecule is CCOc1cc(CNC(=NC)NCC(c2ccc(F)cc2)N2CCOCC2)ccn1. The molecule has 2 N–H and O–H groups in total. The van der Waals surface area contributed by atoms with Gasteiger partial charge in [0.05, 0.1) is 25.9 Å². The van der Waals surface area contributed by atoms with Gasteiger partial charge in [0.25, 0.3) is 0 Å². The molecule has 0 radical (unpaired) electrons. The Bertz CT molecular complexity index is 809. The Balaban J connectivity index is 1.61. The summed E-state index contributed by atoms with van der Waals surface area (Å²) in [4.78, 5) is 10.9. The van der Waals surface area contributed by atoms with E-state index in [-0.39, 0.29) is 11.9 Å². The second kappa shape index (κ2) is 11.5. The lowest BCUT2D eigenvalue weighted by atomic mass is 10.0. The predicted octanol–water partition coefficient (Wildman–Crippen LogP) is 2.36. The molecule has 0 spiro atoms. The molecule has 1 atom stereocenters. The molecule has 0 aliphatic carbocycles. The van der Waals surface area contributed by atoms with Gasteiger partial charge in [-0.15, -0.1) is 0 Å². The minimum atomic E-state index is -0.228. The molecular formula is C22H30FN5O2. The molecule has 1 saturated heterocycles. The van der Waals surface area contributed by atoms with E-state index in [0.29, 0.717) is 44.7 Å². The number of hydrogen-bond acceptors (Lipinski definition) is 5. The van der Waals surface area contributed by atoms with Crippen molar-refractivity contribution >= 4 is 5.96 Å². The van der Waals surface area contributed by atoms with Crippen LogP contribution in [0.1, 0.15) is 24.1 Å². The smallest absolute Gasteiger partial charge is 0.213 e. The van der Waals surface area contributed by atoms with Gasteiger partial charge in [0.15, 0.2) is 5.96 Å². The van der Waals surface area contributed by atoms with Crippen LogP contribution in [0.4, 0.5) is 4.39 Å². The standard InChI is InChI=1S/C22H30FN5O2/c1-3-30-21-14-17(8-9-25-21)15-26-22(24-2)27-16-20(28-10-12-29-13-11-28)18-4-6-19(23)7-5-18/h4-9,14,20H,3,10-13,15-16H2,1-2H3,(H2,24,26,27). The van der Waals surface area contributed by atoms with Gasteiger partial charge in [0.1, 0.15) is 5.82 Å². The Morgan fingerprint density at radius 2 is 2.00 bits per heavy atom. The molecule has 1 unspecified atom stereocenters. The van der Waals surface area contributed by atoms with Crippen molar-refractivity contribution in [1.82, 2.24) is 20.5 Å². The molecule has 1 aliphatic rings. The molecule has 2 aromatic rings. The number of halogens is 1. The van der Waals surface area contributed by atoms with Crippen molar-refractivity contribution in [1.29, 1.82) is 0 Å². The molecule has 162 valence electrons. The fourth-order valence-electron chi connectivity index (χ4n) is 3.42. The van der Waals surface area contributed by atoms with Crippen molar-refractivity contribution in [3.63, 3.8) is 0 Å². The molecule has 2 heterocycles. The lowest BCUT2D eigenvalue weighted by Crippen LogP contribution is -2.46.